The maximum absolute atomic E-state index is 4.65. The molecule has 5 nitrogen and oxygen atoms in total. The number of nitrogens with one attached hydrogen (secondary N) is 1. The molecule has 1 aliphatic rings. The van der Waals surface area contributed by atoms with E-state index in [0.717, 1.165) is 33.1 Å². The van der Waals surface area contributed by atoms with Crippen LogP contribution in [-0.4, -0.2) is 26.1 Å². The van der Waals surface area contributed by atoms with E-state index in [4.69, 9.17) is 0 Å². The molecule has 0 saturated heterocycles. The molecule has 0 spiro atoms. The second kappa shape index (κ2) is 5.07. The fourth-order valence-electron chi connectivity index (χ4n) is 2.08. The van der Waals surface area contributed by atoms with Crippen LogP contribution >= 0.6 is 22.6 Å². The number of aromatic nitrogens is 4. The van der Waals surface area contributed by atoms with Crippen molar-refractivity contribution >= 4 is 28.4 Å². The van der Waals surface area contributed by atoms with E-state index < -0.39 is 0 Å². The van der Waals surface area contributed by atoms with Crippen LogP contribution in [0.5, 0.6) is 0 Å². The molecule has 0 amide bonds. The summed E-state index contributed by atoms with van der Waals surface area (Å²) >= 11 is 2.29. The highest BCUT2D eigenvalue weighted by molar-refractivity contribution is 14.1. The maximum Gasteiger partial charge on any atom is 0.180 e. The Labute approximate surface area is 126 Å². The van der Waals surface area contributed by atoms with Crippen LogP contribution in [0.25, 0.3) is 11.5 Å². The molecule has 1 saturated carbocycles. The van der Waals surface area contributed by atoms with Gasteiger partial charge in [0, 0.05) is 12.6 Å². The lowest BCUT2D eigenvalue weighted by Gasteiger charge is -2.11. The van der Waals surface area contributed by atoms with E-state index in [9.17, 15) is 0 Å². The van der Waals surface area contributed by atoms with Crippen molar-refractivity contribution < 1.29 is 0 Å². The molecule has 19 heavy (non-hydrogen) atoms. The summed E-state index contributed by atoms with van der Waals surface area (Å²) in [7, 11) is 0. The molecule has 0 aromatic carbocycles. The minimum absolute atomic E-state index is 0.586. The largest absolute Gasteiger partial charge is 0.369 e. The number of hydrogen-bond acceptors (Lipinski definition) is 4. The van der Waals surface area contributed by atoms with Crippen molar-refractivity contribution in [2.75, 3.05) is 11.9 Å². The standard InChI is InChI=1S/C13H16IN5/c1-3-16-13-11(14)8(2)17-12(18-13)10-6-15-7-19(10)9-4-5-9/h6-7,9H,3-5H2,1-2H3,(H,16,17,18). The monoisotopic (exact) mass is 369 g/mol. The molecule has 2 heterocycles. The average Bonchev–Trinajstić information content (AvgIpc) is 3.12. The predicted molar refractivity (Wildman–Crippen MR) is 83.1 cm³/mol. The number of anilines is 1. The van der Waals surface area contributed by atoms with Gasteiger partial charge in [-0.1, -0.05) is 0 Å². The van der Waals surface area contributed by atoms with Gasteiger partial charge in [0.15, 0.2) is 5.82 Å². The molecular formula is C13H16IN5. The Morgan fingerprint density at radius 2 is 2.21 bits per heavy atom. The molecule has 0 aliphatic heterocycles. The van der Waals surface area contributed by atoms with E-state index in [0.29, 0.717) is 6.04 Å². The van der Waals surface area contributed by atoms with E-state index >= 15 is 0 Å². The van der Waals surface area contributed by atoms with Crippen LogP contribution < -0.4 is 5.32 Å². The minimum atomic E-state index is 0.586. The number of nitrogens with zero attached hydrogens (tertiary/aromatic N) is 4. The van der Waals surface area contributed by atoms with Gasteiger partial charge in [0.2, 0.25) is 0 Å². The van der Waals surface area contributed by atoms with Gasteiger partial charge in [-0.05, 0) is 49.3 Å². The third-order valence-corrected chi connectivity index (χ3v) is 4.49. The maximum atomic E-state index is 4.65. The molecule has 1 N–H and O–H groups in total. The zero-order chi connectivity index (χ0) is 13.4. The predicted octanol–water partition coefficient (Wildman–Crippen LogP) is 3.02. The Balaban J connectivity index is 2.06. The van der Waals surface area contributed by atoms with E-state index in [1.807, 2.05) is 19.4 Å². The summed E-state index contributed by atoms with van der Waals surface area (Å²) in [4.78, 5) is 13.5. The Morgan fingerprint density at radius 1 is 1.42 bits per heavy atom. The Bertz CT molecular complexity index is 603. The minimum Gasteiger partial charge on any atom is -0.369 e. The van der Waals surface area contributed by atoms with E-state index in [1.54, 1.807) is 0 Å². The van der Waals surface area contributed by atoms with Crippen molar-refractivity contribution in [2.45, 2.75) is 32.7 Å². The van der Waals surface area contributed by atoms with Crippen LogP contribution in [0.3, 0.4) is 0 Å². The molecule has 2 aromatic rings. The van der Waals surface area contributed by atoms with Crippen molar-refractivity contribution in [3.05, 3.63) is 21.8 Å². The quantitative estimate of drug-likeness (QED) is 0.842. The number of aryl methyl sites for hydroxylation is 1. The second-order valence-corrected chi connectivity index (χ2v) is 5.82. The van der Waals surface area contributed by atoms with E-state index in [2.05, 4.69) is 54.4 Å². The van der Waals surface area contributed by atoms with Crippen LogP contribution in [0.15, 0.2) is 12.5 Å². The lowest BCUT2D eigenvalue weighted by Crippen LogP contribution is -2.07. The first-order valence-electron chi connectivity index (χ1n) is 6.51. The zero-order valence-electron chi connectivity index (χ0n) is 11.0. The summed E-state index contributed by atoms with van der Waals surface area (Å²) in [6.45, 7) is 4.95. The van der Waals surface area contributed by atoms with Crippen LogP contribution in [-0.2, 0) is 0 Å². The van der Waals surface area contributed by atoms with Gasteiger partial charge in [-0.25, -0.2) is 15.0 Å². The van der Waals surface area contributed by atoms with Gasteiger partial charge >= 0.3 is 0 Å². The summed E-state index contributed by atoms with van der Waals surface area (Å²) < 4.78 is 3.28. The number of imidazole rings is 1. The van der Waals surface area contributed by atoms with Crippen molar-refractivity contribution in [3.63, 3.8) is 0 Å². The highest BCUT2D eigenvalue weighted by atomic mass is 127. The summed E-state index contributed by atoms with van der Waals surface area (Å²) in [5.41, 5.74) is 2.02. The molecule has 1 aliphatic carbocycles. The van der Waals surface area contributed by atoms with Crippen LogP contribution in [0.4, 0.5) is 5.82 Å². The SMILES string of the molecule is CCNc1nc(-c2cncn2C2CC2)nc(C)c1I. The van der Waals surface area contributed by atoms with Gasteiger partial charge in [-0.2, -0.15) is 0 Å². The molecule has 0 bridgehead atoms. The molecule has 6 heteroatoms. The first kappa shape index (κ1) is 12.8. The molecule has 1 fully saturated rings. The zero-order valence-corrected chi connectivity index (χ0v) is 13.2. The van der Waals surface area contributed by atoms with Crippen LogP contribution in [0, 0.1) is 10.5 Å². The molecule has 0 atom stereocenters. The van der Waals surface area contributed by atoms with Crippen molar-refractivity contribution in [3.8, 4) is 11.5 Å². The highest BCUT2D eigenvalue weighted by Crippen LogP contribution is 2.37. The first-order valence-corrected chi connectivity index (χ1v) is 7.58. The van der Waals surface area contributed by atoms with Gasteiger partial charge in [-0.3, -0.25) is 0 Å². The van der Waals surface area contributed by atoms with Crippen LogP contribution in [0.1, 0.15) is 31.5 Å². The van der Waals surface area contributed by atoms with Gasteiger partial charge in [0.1, 0.15) is 11.5 Å². The van der Waals surface area contributed by atoms with Gasteiger partial charge in [-0.15, -0.1) is 0 Å². The molecule has 3 rings (SSSR count). The summed E-state index contributed by atoms with van der Waals surface area (Å²) in [5.74, 6) is 1.67. The van der Waals surface area contributed by atoms with E-state index in [1.165, 1.54) is 12.8 Å². The van der Waals surface area contributed by atoms with Crippen molar-refractivity contribution in [1.82, 2.24) is 19.5 Å². The third-order valence-electron chi connectivity index (χ3n) is 3.20. The fraction of sp³-hybridized carbons (Fsp3) is 0.462. The average molecular weight is 369 g/mol. The summed E-state index contributed by atoms with van der Waals surface area (Å²) in [6.07, 6.45) is 6.20. The fourth-order valence-corrected chi connectivity index (χ4v) is 2.51. The normalized spacial score (nSPS) is 14.7. The summed E-state index contributed by atoms with van der Waals surface area (Å²) in [5, 5.41) is 3.30. The topological polar surface area (TPSA) is 55.6 Å². The Hall–Kier alpha value is -1.18. The molecule has 0 radical (unpaired) electrons. The molecular weight excluding hydrogens is 353 g/mol. The van der Waals surface area contributed by atoms with Crippen molar-refractivity contribution in [1.29, 1.82) is 0 Å². The van der Waals surface area contributed by atoms with Gasteiger partial charge in [0.05, 0.1) is 21.8 Å². The number of hydrogen-bond donors (Lipinski definition) is 1. The van der Waals surface area contributed by atoms with Crippen molar-refractivity contribution in [2.24, 2.45) is 0 Å². The van der Waals surface area contributed by atoms with E-state index in [-0.39, 0.29) is 0 Å². The van der Waals surface area contributed by atoms with Gasteiger partial charge < -0.3 is 9.88 Å². The highest BCUT2D eigenvalue weighted by Gasteiger charge is 2.26. The Kier molecular flexibility index (Phi) is 3.42. The smallest absolute Gasteiger partial charge is 0.180 e. The second-order valence-electron chi connectivity index (χ2n) is 4.74. The molecule has 0 unspecified atom stereocenters. The lowest BCUT2D eigenvalue weighted by atomic mass is 10.3. The lowest BCUT2D eigenvalue weighted by molar-refractivity contribution is 0.742. The molecule has 100 valence electrons. The first-order chi connectivity index (χ1) is 9.20. The summed E-state index contributed by atoms with van der Waals surface area (Å²) in [6, 6.07) is 0.586. The number of halogens is 1. The van der Waals surface area contributed by atoms with Gasteiger partial charge in [0.25, 0.3) is 0 Å². The number of rotatable bonds is 4. The third kappa shape index (κ3) is 2.45. The Morgan fingerprint density at radius 3 is 2.89 bits per heavy atom. The van der Waals surface area contributed by atoms with Crippen LogP contribution in [0.2, 0.25) is 0 Å². The molecule has 2 aromatic heterocycles.